The van der Waals surface area contributed by atoms with Crippen molar-refractivity contribution in [2.24, 2.45) is 5.92 Å². The van der Waals surface area contributed by atoms with Gasteiger partial charge in [0.15, 0.2) is 5.60 Å². The topological polar surface area (TPSA) is 113 Å². The molecule has 1 fully saturated rings. The predicted molar refractivity (Wildman–Crippen MR) is 132 cm³/mol. The molecule has 7 nitrogen and oxygen atoms in total. The average molecular weight is 483 g/mol. The molecule has 0 aromatic heterocycles. The van der Waals surface area contributed by atoms with Crippen molar-refractivity contribution in [2.75, 3.05) is 13.2 Å². The molecule has 3 N–H and O–H groups in total. The summed E-state index contributed by atoms with van der Waals surface area (Å²) in [5.74, 6) is -2.41. The fourth-order valence-corrected chi connectivity index (χ4v) is 4.58. The Bertz CT molecular complexity index is 1000. The molecule has 2 aromatic rings. The number of aliphatic hydroxyl groups excluding tert-OH is 2. The number of rotatable bonds is 12. The highest BCUT2D eigenvalue weighted by Gasteiger charge is 2.53. The largest absolute Gasteiger partial charge is 0.481 e. The van der Waals surface area contributed by atoms with Gasteiger partial charge in [0.1, 0.15) is 0 Å². The highest BCUT2D eigenvalue weighted by atomic mass is 16.6. The van der Waals surface area contributed by atoms with Crippen molar-refractivity contribution in [3.05, 3.63) is 72.3 Å². The van der Waals surface area contributed by atoms with Crippen molar-refractivity contribution in [2.45, 2.75) is 56.8 Å². The molecule has 0 spiro atoms. The van der Waals surface area contributed by atoms with Crippen molar-refractivity contribution in [3.8, 4) is 11.1 Å². The summed E-state index contributed by atoms with van der Waals surface area (Å²) < 4.78 is 11.1. The van der Waals surface area contributed by atoms with Crippen LogP contribution in [0, 0.1) is 5.92 Å². The maximum absolute atomic E-state index is 13.2. The van der Waals surface area contributed by atoms with Gasteiger partial charge in [-0.2, -0.15) is 0 Å². The monoisotopic (exact) mass is 482 g/mol. The number of carbonyl (C=O) groups excluding carboxylic acids is 1. The van der Waals surface area contributed by atoms with E-state index in [1.807, 2.05) is 43.3 Å². The lowest BCUT2D eigenvalue weighted by Gasteiger charge is -2.35. The summed E-state index contributed by atoms with van der Waals surface area (Å²) >= 11 is 0. The zero-order valence-corrected chi connectivity index (χ0v) is 20.0. The lowest BCUT2D eigenvalue weighted by Crippen LogP contribution is -2.48. The summed E-state index contributed by atoms with van der Waals surface area (Å²) in [5, 5.41) is 30.7. The molecule has 0 amide bonds. The van der Waals surface area contributed by atoms with Gasteiger partial charge in [-0.15, -0.1) is 0 Å². The number of hydrogen-bond donors (Lipinski definition) is 3. The van der Waals surface area contributed by atoms with Crippen LogP contribution in [0.25, 0.3) is 11.1 Å². The highest BCUT2D eigenvalue weighted by Crippen LogP contribution is 2.43. The second kappa shape index (κ2) is 12.6. The number of hydrogen-bond acceptors (Lipinski definition) is 6. The Morgan fingerprint density at radius 2 is 1.86 bits per heavy atom. The maximum Gasteiger partial charge on any atom is 0.338 e. The van der Waals surface area contributed by atoms with Gasteiger partial charge in [-0.3, -0.25) is 4.79 Å². The quantitative estimate of drug-likeness (QED) is 0.236. The van der Waals surface area contributed by atoms with E-state index in [0.717, 1.165) is 11.1 Å². The molecule has 0 bridgehead atoms. The molecule has 1 aliphatic carbocycles. The fourth-order valence-electron chi connectivity index (χ4n) is 4.58. The Balaban J connectivity index is 1.80. The van der Waals surface area contributed by atoms with Gasteiger partial charge in [0.25, 0.3) is 0 Å². The molecule has 188 valence electrons. The van der Waals surface area contributed by atoms with Gasteiger partial charge < -0.3 is 24.8 Å². The number of aliphatic hydroxyl groups is 2. The minimum absolute atomic E-state index is 0.272. The van der Waals surface area contributed by atoms with E-state index < -0.39 is 42.1 Å². The third kappa shape index (κ3) is 7.01. The van der Waals surface area contributed by atoms with E-state index >= 15 is 0 Å². The highest BCUT2D eigenvalue weighted by molar-refractivity contribution is 5.91. The molecule has 0 aliphatic heterocycles. The van der Waals surface area contributed by atoms with E-state index in [1.54, 1.807) is 30.4 Å². The second-order valence-corrected chi connectivity index (χ2v) is 8.85. The zero-order valence-electron chi connectivity index (χ0n) is 20.0. The van der Waals surface area contributed by atoms with Gasteiger partial charge in [-0.05, 0) is 55.9 Å². The summed E-state index contributed by atoms with van der Waals surface area (Å²) in [7, 11) is 0. The molecule has 7 heteroatoms. The van der Waals surface area contributed by atoms with E-state index in [4.69, 9.17) is 9.47 Å². The lowest BCUT2D eigenvalue weighted by molar-refractivity contribution is -0.150. The Morgan fingerprint density at radius 1 is 1.11 bits per heavy atom. The van der Waals surface area contributed by atoms with Crippen molar-refractivity contribution < 1.29 is 34.4 Å². The van der Waals surface area contributed by atoms with Crippen LogP contribution in [0.4, 0.5) is 0 Å². The van der Waals surface area contributed by atoms with Crippen LogP contribution >= 0.6 is 0 Å². The van der Waals surface area contributed by atoms with Gasteiger partial charge >= 0.3 is 11.9 Å². The maximum atomic E-state index is 13.2. The van der Waals surface area contributed by atoms with E-state index in [1.165, 1.54) is 0 Å². The van der Waals surface area contributed by atoms with Crippen LogP contribution in [-0.2, 0) is 14.3 Å². The number of aliphatic carboxylic acids is 1. The Labute approximate surface area is 206 Å². The third-order valence-electron chi connectivity index (χ3n) is 6.42. The summed E-state index contributed by atoms with van der Waals surface area (Å²) in [5.41, 5.74) is 0.412. The van der Waals surface area contributed by atoms with Gasteiger partial charge in [0, 0.05) is 19.1 Å². The minimum atomic E-state index is -1.62. The first-order chi connectivity index (χ1) is 16.9. The molecule has 4 atom stereocenters. The number of carbonyl (C=O) groups is 2. The molecule has 0 saturated heterocycles. The zero-order chi connectivity index (χ0) is 25.3. The van der Waals surface area contributed by atoms with Crippen LogP contribution in [0.2, 0.25) is 0 Å². The molecule has 2 aromatic carbocycles. The van der Waals surface area contributed by atoms with Crippen LogP contribution in [0.15, 0.2) is 66.7 Å². The normalized spacial score (nSPS) is 22.8. The van der Waals surface area contributed by atoms with Crippen molar-refractivity contribution >= 4 is 11.9 Å². The number of benzene rings is 2. The van der Waals surface area contributed by atoms with Gasteiger partial charge in [-0.25, -0.2) is 4.79 Å². The van der Waals surface area contributed by atoms with Crippen LogP contribution in [0.1, 0.15) is 49.4 Å². The van der Waals surface area contributed by atoms with Crippen LogP contribution in [0.3, 0.4) is 0 Å². The summed E-state index contributed by atoms with van der Waals surface area (Å²) in [6.45, 7) is 3.07. The van der Waals surface area contributed by atoms with E-state index in [-0.39, 0.29) is 5.56 Å². The minimum Gasteiger partial charge on any atom is -0.481 e. The third-order valence-corrected chi connectivity index (χ3v) is 6.42. The second-order valence-electron chi connectivity index (χ2n) is 8.85. The summed E-state index contributed by atoms with van der Waals surface area (Å²) in [6.07, 6.45) is 2.76. The van der Waals surface area contributed by atoms with E-state index in [0.29, 0.717) is 38.9 Å². The van der Waals surface area contributed by atoms with E-state index in [2.05, 4.69) is 0 Å². The lowest BCUT2D eigenvalue weighted by atomic mass is 9.85. The number of carboxylic acids is 1. The smallest absolute Gasteiger partial charge is 0.338 e. The van der Waals surface area contributed by atoms with Crippen LogP contribution in [0.5, 0.6) is 0 Å². The molecule has 0 heterocycles. The number of carboxylic acid groups (broad SMARTS) is 1. The SMILES string of the molecule is CCOCCCC(O)C=CC1CCC(O)C1(CC(=O)O)OC(=O)c1cccc(-c2ccccc2)c1. The van der Waals surface area contributed by atoms with E-state index in [9.17, 15) is 24.9 Å². The number of ether oxygens (including phenoxy) is 2. The molecule has 1 saturated carbocycles. The standard InChI is InChI=1S/C28H34O7/c1-2-34-17-7-12-24(29)15-13-23-14-16-25(30)28(23,19-26(31)32)35-27(33)22-11-6-10-21(18-22)20-8-4-3-5-9-20/h3-6,8-11,13,15,18,23-25,29-30H,2,7,12,14,16-17,19H2,1H3,(H,31,32). The first kappa shape index (κ1) is 26.6. The predicted octanol–water partition coefficient (Wildman–Crippen LogP) is 4.23. The molecule has 35 heavy (non-hydrogen) atoms. The molecule has 4 unspecified atom stereocenters. The van der Waals surface area contributed by atoms with Crippen molar-refractivity contribution in [1.29, 1.82) is 0 Å². The van der Waals surface area contributed by atoms with Gasteiger partial charge in [0.2, 0.25) is 0 Å². The average Bonchev–Trinajstić information content (AvgIpc) is 3.15. The van der Waals surface area contributed by atoms with Crippen LogP contribution < -0.4 is 0 Å². The first-order valence-electron chi connectivity index (χ1n) is 12.1. The van der Waals surface area contributed by atoms with Gasteiger partial charge in [-0.1, -0.05) is 54.6 Å². The first-order valence-corrected chi connectivity index (χ1v) is 12.1. The number of esters is 1. The summed E-state index contributed by atoms with van der Waals surface area (Å²) in [4.78, 5) is 24.9. The van der Waals surface area contributed by atoms with Crippen molar-refractivity contribution in [1.82, 2.24) is 0 Å². The molecule has 0 radical (unpaired) electrons. The van der Waals surface area contributed by atoms with Crippen LogP contribution in [-0.4, -0.2) is 58.3 Å². The Hall–Kier alpha value is -3.00. The molecule has 1 aliphatic rings. The Kier molecular flexibility index (Phi) is 9.60. The summed E-state index contributed by atoms with van der Waals surface area (Å²) in [6, 6.07) is 16.5. The fraction of sp³-hybridized carbons (Fsp3) is 0.429. The molecular formula is C28H34O7. The van der Waals surface area contributed by atoms with Gasteiger partial charge in [0.05, 0.1) is 24.2 Å². The Morgan fingerprint density at radius 3 is 2.57 bits per heavy atom. The molecule has 3 rings (SSSR count). The molecular weight excluding hydrogens is 448 g/mol. The van der Waals surface area contributed by atoms with Crippen molar-refractivity contribution in [3.63, 3.8) is 0 Å².